The van der Waals surface area contributed by atoms with Gasteiger partial charge in [-0.3, -0.25) is 0 Å². The van der Waals surface area contributed by atoms with Crippen LogP contribution in [-0.2, 0) is 9.47 Å². The summed E-state index contributed by atoms with van der Waals surface area (Å²) in [6.07, 6.45) is -1.57. The second-order valence-corrected chi connectivity index (χ2v) is 3.59. The van der Waals surface area contributed by atoms with Gasteiger partial charge < -0.3 is 14.6 Å². The molecule has 5 heteroatoms. The van der Waals surface area contributed by atoms with Crippen LogP contribution in [0, 0.1) is 11.6 Å². The third-order valence-corrected chi connectivity index (χ3v) is 2.42. The number of ether oxygens (including phenoxy) is 2. The zero-order valence-electron chi connectivity index (χ0n) is 8.53. The third-order valence-electron chi connectivity index (χ3n) is 2.42. The van der Waals surface area contributed by atoms with E-state index in [0.717, 1.165) is 18.2 Å². The number of hydrogen-bond acceptors (Lipinski definition) is 3. The molecule has 0 bridgehead atoms. The molecule has 0 spiro atoms. The van der Waals surface area contributed by atoms with Crippen molar-refractivity contribution in [3.8, 4) is 0 Å². The standard InChI is InChI=1S/C11H12F2O3/c12-7-1-2-9(13)8(5-7)10(14)6-11-15-3-4-16-11/h1-2,5,10-11,14H,3-4,6H2. The highest BCUT2D eigenvalue weighted by atomic mass is 19.1. The van der Waals surface area contributed by atoms with Gasteiger partial charge in [-0.25, -0.2) is 8.78 Å². The molecule has 16 heavy (non-hydrogen) atoms. The average Bonchev–Trinajstić information content (AvgIpc) is 2.74. The lowest BCUT2D eigenvalue weighted by atomic mass is 10.1. The second-order valence-electron chi connectivity index (χ2n) is 3.59. The van der Waals surface area contributed by atoms with E-state index in [1.54, 1.807) is 0 Å². The zero-order valence-corrected chi connectivity index (χ0v) is 8.53. The van der Waals surface area contributed by atoms with E-state index in [4.69, 9.17) is 9.47 Å². The number of aliphatic hydroxyl groups is 1. The topological polar surface area (TPSA) is 38.7 Å². The molecule has 0 aliphatic carbocycles. The van der Waals surface area contributed by atoms with Gasteiger partial charge in [-0.05, 0) is 18.2 Å². The van der Waals surface area contributed by atoms with Crippen LogP contribution < -0.4 is 0 Å². The minimum Gasteiger partial charge on any atom is -0.388 e. The summed E-state index contributed by atoms with van der Waals surface area (Å²) < 4.78 is 36.4. The summed E-state index contributed by atoms with van der Waals surface area (Å²) in [7, 11) is 0. The SMILES string of the molecule is OC(CC1OCCO1)c1cc(F)ccc1F. The largest absolute Gasteiger partial charge is 0.388 e. The smallest absolute Gasteiger partial charge is 0.160 e. The fraction of sp³-hybridized carbons (Fsp3) is 0.455. The summed E-state index contributed by atoms with van der Waals surface area (Å²) in [6, 6.07) is 2.98. The Labute approximate surface area is 91.6 Å². The van der Waals surface area contributed by atoms with Gasteiger partial charge in [0.1, 0.15) is 11.6 Å². The molecule has 1 aromatic rings. The lowest BCUT2D eigenvalue weighted by Crippen LogP contribution is -2.14. The molecule has 1 saturated heterocycles. The molecular formula is C11H12F2O3. The molecule has 1 aromatic carbocycles. The number of halogens is 2. The van der Waals surface area contributed by atoms with Gasteiger partial charge in [0.2, 0.25) is 0 Å². The first-order valence-electron chi connectivity index (χ1n) is 5.03. The van der Waals surface area contributed by atoms with Crippen molar-refractivity contribution in [2.75, 3.05) is 13.2 Å². The Morgan fingerprint density at radius 1 is 1.31 bits per heavy atom. The van der Waals surface area contributed by atoms with Crippen LogP contribution in [0.5, 0.6) is 0 Å². The van der Waals surface area contributed by atoms with Crippen molar-refractivity contribution in [2.24, 2.45) is 0 Å². The predicted molar refractivity (Wildman–Crippen MR) is 51.6 cm³/mol. The molecule has 1 N–H and O–H groups in total. The number of rotatable bonds is 3. The second kappa shape index (κ2) is 4.86. The van der Waals surface area contributed by atoms with Gasteiger partial charge in [-0.1, -0.05) is 0 Å². The van der Waals surface area contributed by atoms with Crippen LogP contribution in [0.3, 0.4) is 0 Å². The zero-order chi connectivity index (χ0) is 11.5. The van der Waals surface area contributed by atoms with Crippen LogP contribution in [0.25, 0.3) is 0 Å². The first kappa shape index (κ1) is 11.4. The Morgan fingerprint density at radius 3 is 2.69 bits per heavy atom. The van der Waals surface area contributed by atoms with Gasteiger partial charge in [0.15, 0.2) is 6.29 Å². The summed E-state index contributed by atoms with van der Waals surface area (Å²) >= 11 is 0. The molecule has 0 radical (unpaired) electrons. The summed E-state index contributed by atoms with van der Waals surface area (Å²) in [5.74, 6) is -1.21. The van der Waals surface area contributed by atoms with Crippen LogP contribution in [0.1, 0.15) is 18.1 Å². The molecule has 1 fully saturated rings. The Kier molecular flexibility index (Phi) is 3.48. The van der Waals surface area contributed by atoms with Gasteiger partial charge >= 0.3 is 0 Å². The van der Waals surface area contributed by atoms with Crippen LogP contribution in [0.4, 0.5) is 8.78 Å². The number of hydrogen-bond donors (Lipinski definition) is 1. The predicted octanol–water partition coefficient (Wildman–Crippen LogP) is 1.76. The van der Waals surface area contributed by atoms with Gasteiger partial charge in [0.05, 0.1) is 19.3 Å². The summed E-state index contributed by atoms with van der Waals surface area (Å²) in [4.78, 5) is 0. The van der Waals surface area contributed by atoms with Gasteiger partial charge in [0, 0.05) is 12.0 Å². The molecule has 0 aromatic heterocycles. The average molecular weight is 230 g/mol. The van der Waals surface area contributed by atoms with Crippen LogP contribution in [0.2, 0.25) is 0 Å². The van der Waals surface area contributed by atoms with Crippen molar-refractivity contribution in [1.29, 1.82) is 0 Å². The van der Waals surface area contributed by atoms with Crippen molar-refractivity contribution >= 4 is 0 Å². The van der Waals surface area contributed by atoms with Crippen LogP contribution in [-0.4, -0.2) is 24.6 Å². The van der Waals surface area contributed by atoms with E-state index in [-0.39, 0.29) is 12.0 Å². The van der Waals surface area contributed by atoms with Crippen molar-refractivity contribution < 1.29 is 23.4 Å². The summed E-state index contributed by atoms with van der Waals surface area (Å²) in [5.41, 5.74) is -0.0703. The monoisotopic (exact) mass is 230 g/mol. The van der Waals surface area contributed by atoms with Gasteiger partial charge in [-0.2, -0.15) is 0 Å². The van der Waals surface area contributed by atoms with E-state index >= 15 is 0 Å². The molecule has 2 rings (SSSR count). The number of aliphatic hydroxyl groups excluding tert-OH is 1. The lowest BCUT2D eigenvalue weighted by molar-refractivity contribution is -0.0712. The van der Waals surface area contributed by atoms with Crippen molar-refractivity contribution in [1.82, 2.24) is 0 Å². The molecule has 0 saturated carbocycles. The van der Waals surface area contributed by atoms with E-state index in [1.165, 1.54) is 0 Å². The highest BCUT2D eigenvalue weighted by molar-refractivity contribution is 5.21. The maximum atomic E-state index is 13.3. The minimum atomic E-state index is -1.13. The van der Waals surface area contributed by atoms with E-state index in [9.17, 15) is 13.9 Å². The first-order chi connectivity index (χ1) is 7.66. The van der Waals surface area contributed by atoms with Gasteiger partial charge in [-0.15, -0.1) is 0 Å². The summed E-state index contributed by atoms with van der Waals surface area (Å²) in [6.45, 7) is 0.923. The molecule has 1 aliphatic heterocycles. The summed E-state index contributed by atoms with van der Waals surface area (Å²) in [5, 5.41) is 9.72. The maximum absolute atomic E-state index is 13.3. The Bertz CT molecular complexity index is 364. The van der Waals surface area contributed by atoms with E-state index < -0.39 is 24.0 Å². The number of benzene rings is 1. The fourth-order valence-electron chi connectivity index (χ4n) is 1.62. The minimum absolute atomic E-state index is 0.0703. The maximum Gasteiger partial charge on any atom is 0.160 e. The lowest BCUT2D eigenvalue weighted by Gasteiger charge is -2.15. The fourth-order valence-corrected chi connectivity index (χ4v) is 1.62. The third kappa shape index (κ3) is 2.55. The quantitative estimate of drug-likeness (QED) is 0.859. The Hall–Kier alpha value is -1.04. The molecule has 88 valence electrons. The molecule has 1 aliphatic rings. The van der Waals surface area contributed by atoms with Crippen molar-refractivity contribution in [3.63, 3.8) is 0 Å². The van der Waals surface area contributed by atoms with Crippen molar-refractivity contribution in [3.05, 3.63) is 35.4 Å². The molecule has 1 heterocycles. The molecule has 1 atom stereocenters. The van der Waals surface area contributed by atoms with Crippen molar-refractivity contribution in [2.45, 2.75) is 18.8 Å². The normalized spacial score (nSPS) is 18.9. The Morgan fingerprint density at radius 2 is 2.00 bits per heavy atom. The van der Waals surface area contributed by atoms with E-state index in [2.05, 4.69) is 0 Å². The van der Waals surface area contributed by atoms with Gasteiger partial charge in [0.25, 0.3) is 0 Å². The molecule has 1 unspecified atom stereocenters. The van der Waals surface area contributed by atoms with E-state index in [0.29, 0.717) is 13.2 Å². The van der Waals surface area contributed by atoms with E-state index in [1.807, 2.05) is 0 Å². The Balaban J connectivity index is 2.07. The van der Waals surface area contributed by atoms with Crippen LogP contribution in [0.15, 0.2) is 18.2 Å². The highest BCUT2D eigenvalue weighted by Gasteiger charge is 2.23. The van der Waals surface area contributed by atoms with Crippen LogP contribution >= 0.6 is 0 Å². The molecule has 3 nitrogen and oxygen atoms in total. The molecule has 0 amide bonds. The molecular weight excluding hydrogens is 218 g/mol. The first-order valence-corrected chi connectivity index (χ1v) is 5.03. The highest BCUT2D eigenvalue weighted by Crippen LogP contribution is 2.24.